The van der Waals surface area contributed by atoms with Crippen molar-refractivity contribution in [2.24, 2.45) is 0 Å². The van der Waals surface area contributed by atoms with Crippen molar-refractivity contribution < 1.29 is 9.53 Å². The first-order valence-corrected chi connectivity index (χ1v) is 11.0. The number of carbonyl (C=O) groups is 1. The number of amides is 1. The SMILES string of the molecule is C=CCn1c(SCC(=O)N(C)C2(C#N)CCCCC2)nnc1-c1ccccc1OC. The Morgan fingerprint density at radius 2 is 2.10 bits per heavy atom. The summed E-state index contributed by atoms with van der Waals surface area (Å²) in [4.78, 5) is 14.5. The Morgan fingerprint density at radius 3 is 2.77 bits per heavy atom. The summed E-state index contributed by atoms with van der Waals surface area (Å²) in [5, 5.41) is 19.0. The molecule has 1 aliphatic rings. The molecule has 158 valence electrons. The van der Waals surface area contributed by atoms with Crippen LogP contribution in [-0.2, 0) is 11.3 Å². The molecule has 0 radical (unpaired) electrons. The van der Waals surface area contributed by atoms with Crippen molar-refractivity contribution in [3.8, 4) is 23.2 Å². The molecule has 0 atom stereocenters. The minimum atomic E-state index is -0.687. The summed E-state index contributed by atoms with van der Waals surface area (Å²) >= 11 is 1.33. The number of rotatable bonds is 8. The van der Waals surface area contributed by atoms with Crippen LogP contribution in [0.5, 0.6) is 5.75 Å². The van der Waals surface area contributed by atoms with Gasteiger partial charge in [-0.25, -0.2) is 0 Å². The van der Waals surface area contributed by atoms with E-state index in [1.807, 2.05) is 28.8 Å². The molecule has 1 heterocycles. The molecule has 0 N–H and O–H groups in total. The predicted octanol–water partition coefficient (Wildman–Crippen LogP) is 3.92. The summed E-state index contributed by atoms with van der Waals surface area (Å²) in [6.45, 7) is 4.34. The first-order valence-electron chi connectivity index (χ1n) is 10.0. The topological polar surface area (TPSA) is 84.0 Å². The van der Waals surface area contributed by atoms with Gasteiger partial charge in [-0.1, -0.05) is 49.2 Å². The maximum absolute atomic E-state index is 12.9. The Kier molecular flexibility index (Phi) is 7.16. The number of aromatic nitrogens is 3. The van der Waals surface area contributed by atoms with Crippen molar-refractivity contribution in [3.05, 3.63) is 36.9 Å². The molecule has 2 aromatic rings. The van der Waals surface area contributed by atoms with Crippen molar-refractivity contribution in [3.63, 3.8) is 0 Å². The number of ether oxygens (including phenoxy) is 1. The Bertz CT molecular complexity index is 943. The number of benzene rings is 1. The molecule has 1 aromatic carbocycles. The third-order valence-electron chi connectivity index (χ3n) is 5.61. The van der Waals surface area contributed by atoms with Gasteiger partial charge in [-0.3, -0.25) is 9.36 Å². The van der Waals surface area contributed by atoms with Gasteiger partial charge in [0.2, 0.25) is 5.91 Å². The first-order chi connectivity index (χ1) is 14.6. The van der Waals surface area contributed by atoms with E-state index in [2.05, 4.69) is 22.8 Å². The fourth-order valence-electron chi connectivity index (χ4n) is 3.84. The molecular formula is C22H27N5O2S. The molecule has 30 heavy (non-hydrogen) atoms. The van der Waals surface area contributed by atoms with E-state index < -0.39 is 5.54 Å². The molecule has 1 saturated carbocycles. The fraction of sp³-hybridized carbons (Fsp3) is 0.455. The van der Waals surface area contributed by atoms with Crippen LogP contribution >= 0.6 is 11.8 Å². The van der Waals surface area contributed by atoms with Gasteiger partial charge in [-0.15, -0.1) is 16.8 Å². The average Bonchev–Trinajstić information content (AvgIpc) is 3.19. The van der Waals surface area contributed by atoms with Crippen LogP contribution in [0.15, 0.2) is 42.1 Å². The van der Waals surface area contributed by atoms with Gasteiger partial charge in [0.1, 0.15) is 11.3 Å². The normalized spacial score (nSPS) is 15.2. The van der Waals surface area contributed by atoms with Crippen LogP contribution in [0.4, 0.5) is 0 Å². The van der Waals surface area contributed by atoms with Crippen LogP contribution in [0, 0.1) is 11.3 Å². The summed E-state index contributed by atoms with van der Waals surface area (Å²) in [5.41, 5.74) is 0.142. The summed E-state index contributed by atoms with van der Waals surface area (Å²) in [6, 6.07) is 10.0. The highest BCUT2D eigenvalue weighted by molar-refractivity contribution is 7.99. The van der Waals surface area contributed by atoms with Crippen LogP contribution in [0.2, 0.25) is 0 Å². The van der Waals surface area contributed by atoms with Gasteiger partial charge >= 0.3 is 0 Å². The quantitative estimate of drug-likeness (QED) is 0.471. The molecule has 3 rings (SSSR count). The summed E-state index contributed by atoms with van der Waals surface area (Å²) in [6.07, 6.45) is 6.33. The highest BCUT2D eigenvalue weighted by Gasteiger charge is 2.38. The van der Waals surface area contributed by atoms with E-state index in [4.69, 9.17) is 4.74 Å². The smallest absolute Gasteiger partial charge is 0.234 e. The average molecular weight is 426 g/mol. The van der Waals surface area contributed by atoms with E-state index in [0.29, 0.717) is 23.3 Å². The van der Waals surface area contributed by atoms with Crippen LogP contribution in [0.1, 0.15) is 32.1 Å². The molecule has 1 amide bonds. The van der Waals surface area contributed by atoms with Crippen LogP contribution < -0.4 is 4.74 Å². The number of methoxy groups -OCH3 is 1. The number of carbonyl (C=O) groups excluding carboxylic acids is 1. The molecule has 7 nitrogen and oxygen atoms in total. The van der Waals surface area contributed by atoms with Crippen molar-refractivity contribution in [2.75, 3.05) is 19.9 Å². The van der Waals surface area contributed by atoms with E-state index in [-0.39, 0.29) is 11.7 Å². The van der Waals surface area contributed by atoms with E-state index in [9.17, 15) is 10.1 Å². The minimum absolute atomic E-state index is 0.0737. The number of nitrogens with zero attached hydrogens (tertiary/aromatic N) is 5. The molecule has 0 aliphatic heterocycles. The second kappa shape index (κ2) is 9.81. The van der Waals surface area contributed by atoms with E-state index in [1.54, 1.807) is 25.1 Å². The molecular weight excluding hydrogens is 398 g/mol. The minimum Gasteiger partial charge on any atom is -0.496 e. The Balaban J connectivity index is 1.78. The Morgan fingerprint density at radius 1 is 1.37 bits per heavy atom. The lowest BCUT2D eigenvalue weighted by Gasteiger charge is -2.39. The lowest BCUT2D eigenvalue weighted by atomic mass is 9.81. The molecule has 1 aromatic heterocycles. The van der Waals surface area contributed by atoms with Gasteiger partial charge in [-0.2, -0.15) is 5.26 Å². The number of allylic oxidation sites excluding steroid dienone is 1. The van der Waals surface area contributed by atoms with Crippen molar-refractivity contribution >= 4 is 17.7 Å². The molecule has 0 bridgehead atoms. The zero-order valence-electron chi connectivity index (χ0n) is 17.5. The van der Waals surface area contributed by atoms with Crippen LogP contribution in [-0.4, -0.2) is 51.0 Å². The van der Waals surface area contributed by atoms with Crippen molar-refractivity contribution in [2.45, 2.75) is 49.3 Å². The van der Waals surface area contributed by atoms with Crippen molar-refractivity contribution in [1.82, 2.24) is 19.7 Å². The van der Waals surface area contributed by atoms with Crippen LogP contribution in [0.3, 0.4) is 0 Å². The molecule has 0 saturated heterocycles. The van der Waals surface area contributed by atoms with E-state index in [0.717, 1.165) is 37.7 Å². The van der Waals surface area contributed by atoms with E-state index in [1.165, 1.54) is 11.8 Å². The Labute approximate surface area is 181 Å². The molecule has 0 unspecified atom stereocenters. The monoisotopic (exact) mass is 425 g/mol. The van der Waals surface area contributed by atoms with Gasteiger partial charge in [-0.05, 0) is 25.0 Å². The largest absolute Gasteiger partial charge is 0.496 e. The van der Waals surface area contributed by atoms with Gasteiger partial charge in [0.05, 0.1) is 24.5 Å². The summed E-state index contributed by atoms with van der Waals surface area (Å²) in [5.74, 6) is 1.49. The highest BCUT2D eigenvalue weighted by Crippen LogP contribution is 2.34. The second-order valence-electron chi connectivity index (χ2n) is 7.35. The standard InChI is InChI=1S/C22H27N5O2S/c1-4-14-27-20(17-10-6-7-11-18(17)29-3)24-25-21(27)30-15-19(28)26(2)22(16-23)12-8-5-9-13-22/h4,6-7,10-11H,1,5,8-9,12-15H2,2-3H3. The van der Waals surface area contributed by atoms with Gasteiger partial charge in [0, 0.05) is 13.6 Å². The fourth-order valence-corrected chi connectivity index (χ4v) is 4.70. The Hall–Kier alpha value is -2.79. The zero-order chi connectivity index (χ0) is 21.6. The summed E-state index contributed by atoms with van der Waals surface area (Å²) < 4.78 is 7.38. The number of hydrogen-bond donors (Lipinski definition) is 0. The number of thioether (sulfide) groups is 1. The zero-order valence-corrected chi connectivity index (χ0v) is 18.3. The maximum Gasteiger partial charge on any atom is 0.234 e. The molecule has 8 heteroatoms. The number of para-hydroxylation sites is 1. The van der Waals surface area contributed by atoms with Gasteiger partial charge < -0.3 is 9.64 Å². The lowest BCUT2D eigenvalue weighted by Crippen LogP contribution is -2.50. The first kappa shape index (κ1) is 21.9. The summed E-state index contributed by atoms with van der Waals surface area (Å²) in [7, 11) is 3.36. The predicted molar refractivity (Wildman–Crippen MR) is 117 cm³/mol. The third kappa shape index (κ3) is 4.36. The third-order valence-corrected chi connectivity index (χ3v) is 6.56. The second-order valence-corrected chi connectivity index (χ2v) is 8.29. The number of nitriles is 1. The van der Waals surface area contributed by atoms with Gasteiger partial charge in [0.25, 0.3) is 0 Å². The number of hydrogen-bond acceptors (Lipinski definition) is 6. The maximum atomic E-state index is 12.9. The van der Waals surface area contributed by atoms with E-state index >= 15 is 0 Å². The van der Waals surface area contributed by atoms with Crippen LogP contribution in [0.25, 0.3) is 11.4 Å². The molecule has 1 aliphatic carbocycles. The molecule has 0 spiro atoms. The van der Waals surface area contributed by atoms with Crippen molar-refractivity contribution in [1.29, 1.82) is 5.26 Å². The van der Waals surface area contributed by atoms with Gasteiger partial charge in [0.15, 0.2) is 11.0 Å². The lowest BCUT2D eigenvalue weighted by molar-refractivity contribution is -0.131. The molecule has 1 fully saturated rings. The highest BCUT2D eigenvalue weighted by atomic mass is 32.2.